The molecule has 0 radical (unpaired) electrons. The minimum atomic E-state index is -0.280. The highest BCUT2D eigenvalue weighted by atomic mass is 16.3. The molecule has 3 heterocycles. The molecule has 9 nitrogen and oxygen atoms in total. The predicted molar refractivity (Wildman–Crippen MR) is 93.4 cm³/mol. The standard InChI is InChI=1S/C17H15N7O2/c25-12-1-2-14-13(8-12)11(9-20-14)4-6-19-17(26)15-7-10(3-5-18-15)16-21-23-24-22-16/h1-3,5,7-9,20,25H,4,6H2,(H,19,26)(H,21,22,23,24). The number of rotatable bonds is 5. The largest absolute Gasteiger partial charge is 0.508 e. The van der Waals surface area contributed by atoms with Gasteiger partial charge in [0, 0.05) is 35.4 Å². The van der Waals surface area contributed by atoms with E-state index in [-0.39, 0.29) is 17.4 Å². The first-order valence-corrected chi connectivity index (χ1v) is 7.98. The van der Waals surface area contributed by atoms with E-state index in [1.165, 1.54) is 6.20 Å². The van der Waals surface area contributed by atoms with Crippen LogP contribution in [0.15, 0.2) is 42.7 Å². The monoisotopic (exact) mass is 349 g/mol. The average molecular weight is 349 g/mol. The van der Waals surface area contributed by atoms with Gasteiger partial charge in [-0.1, -0.05) is 0 Å². The van der Waals surface area contributed by atoms with E-state index >= 15 is 0 Å². The second kappa shape index (κ2) is 6.63. The molecule has 4 rings (SSSR count). The van der Waals surface area contributed by atoms with Gasteiger partial charge in [-0.05, 0) is 47.5 Å². The van der Waals surface area contributed by atoms with Crippen molar-refractivity contribution < 1.29 is 9.90 Å². The zero-order valence-electron chi connectivity index (χ0n) is 13.6. The molecule has 1 amide bonds. The summed E-state index contributed by atoms with van der Waals surface area (Å²) in [5, 5.41) is 27.1. The van der Waals surface area contributed by atoms with E-state index in [1.54, 1.807) is 24.3 Å². The van der Waals surface area contributed by atoms with Crippen LogP contribution < -0.4 is 5.32 Å². The van der Waals surface area contributed by atoms with Crippen molar-refractivity contribution in [3.63, 3.8) is 0 Å². The highest BCUT2D eigenvalue weighted by Gasteiger charge is 2.11. The number of aromatic hydroxyl groups is 1. The van der Waals surface area contributed by atoms with E-state index in [0.29, 0.717) is 24.4 Å². The number of aromatic amines is 2. The van der Waals surface area contributed by atoms with Crippen LogP contribution in [0, 0.1) is 0 Å². The van der Waals surface area contributed by atoms with Crippen molar-refractivity contribution in [3.8, 4) is 17.1 Å². The van der Waals surface area contributed by atoms with E-state index in [9.17, 15) is 9.90 Å². The molecule has 0 aliphatic rings. The van der Waals surface area contributed by atoms with Crippen LogP contribution in [0.5, 0.6) is 5.75 Å². The maximum Gasteiger partial charge on any atom is 0.269 e. The first-order chi connectivity index (χ1) is 12.7. The number of phenolic OH excluding ortho intramolecular Hbond substituents is 1. The summed E-state index contributed by atoms with van der Waals surface area (Å²) in [4.78, 5) is 19.6. The molecule has 0 unspecified atom stereocenters. The first kappa shape index (κ1) is 15.8. The van der Waals surface area contributed by atoms with Gasteiger partial charge in [-0.2, -0.15) is 5.21 Å². The summed E-state index contributed by atoms with van der Waals surface area (Å²) < 4.78 is 0. The van der Waals surface area contributed by atoms with Gasteiger partial charge in [0.05, 0.1) is 0 Å². The number of nitrogens with zero attached hydrogens (tertiary/aromatic N) is 4. The molecule has 0 bridgehead atoms. The lowest BCUT2D eigenvalue weighted by molar-refractivity contribution is 0.0949. The van der Waals surface area contributed by atoms with Crippen molar-refractivity contribution >= 4 is 16.8 Å². The molecule has 0 atom stereocenters. The Hall–Kier alpha value is -3.75. The van der Waals surface area contributed by atoms with Gasteiger partial charge in [-0.25, -0.2) is 0 Å². The SMILES string of the molecule is O=C(NCCc1c[nH]c2ccc(O)cc12)c1cc(-c2nn[nH]n2)ccn1. The molecule has 4 aromatic rings. The van der Waals surface area contributed by atoms with Gasteiger partial charge in [-0.15, -0.1) is 10.2 Å². The number of phenols is 1. The van der Waals surface area contributed by atoms with Crippen molar-refractivity contribution in [3.05, 3.63) is 54.0 Å². The van der Waals surface area contributed by atoms with E-state index < -0.39 is 0 Å². The van der Waals surface area contributed by atoms with Gasteiger partial charge in [0.25, 0.3) is 5.91 Å². The second-order valence-electron chi connectivity index (χ2n) is 5.71. The Morgan fingerprint density at radius 2 is 2.15 bits per heavy atom. The smallest absolute Gasteiger partial charge is 0.269 e. The summed E-state index contributed by atoms with van der Waals surface area (Å²) in [5.74, 6) is 0.336. The van der Waals surface area contributed by atoms with E-state index in [4.69, 9.17) is 0 Å². The molecule has 3 aromatic heterocycles. The molecule has 0 spiro atoms. The van der Waals surface area contributed by atoms with Crippen LogP contribution in [-0.4, -0.2) is 48.2 Å². The summed E-state index contributed by atoms with van der Waals surface area (Å²) in [7, 11) is 0. The Bertz CT molecular complexity index is 1060. The Kier molecular flexibility index (Phi) is 4.02. The predicted octanol–water partition coefficient (Wildman–Crippen LogP) is 1.42. The normalized spacial score (nSPS) is 10.9. The Morgan fingerprint density at radius 3 is 3.00 bits per heavy atom. The van der Waals surface area contributed by atoms with Gasteiger partial charge in [0.15, 0.2) is 0 Å². The Morgan fingerprint density at radius 1 is 1.23 bits per heavy atom. The second-order valence-corrected chi connectivity index (χ2v) is 5.71. The van der Waals surface area contributed by atoms with E-state index in [1.807, 2.05) is 12.3 Å². The summed E-state index contributed by atoms with van der Waals surface area (Å²) in [6.07, 6.45) is 4.04. The number of aromatic nitrogens is 6. The van der Waals surface area contributed by atoms with Crippen LogP contribution in [0.3, 0.4) is 0 Å². The number of hydrogen-bond donors (Lipinski definition) is 4. The number of tetrazole rings is 1. The van der Waals surface area contributed by atoms with Crippen LogP contribution in [0.1, 0.15) is 16.1 Å². The van der Waals surface area contributed by atoms with E-state index in [0.717, 1.165) is 16.5 Å². The minimum Gasteiger partial charge on any atom is -0.508 e. The fourth-order valence-corrected chi connectivity index (χ4v) is 2.75. The summed E-state index contributed by atoms with van der Waals surface area (Å²) >= 11 is 0. The third kappa shape index (κ3) is 3.09. The van der Waals surface area contributed by atoms with Gasteiger partial charge in [-0.3, -0.25) is 9.78 Å². The molecule has 1 aromatic carbocycles. The number of H-pyrrole nitrogens is 2. The number of carbonyl (C=O) groups is 1. The highest BCUT2D eigenvalue weighted by molar-refractivity contribution is 5.93. The number of carbonyl (C=O) groups excluding carboxylic acids is 1. The van der Waals surface area contributed by atoms with Crippen molar-refractivity contribution in [1.82, 2.24) is 35.9 Å². The number of amides is 1. The maximum absolute atomic E-state index is 12.3. The van der Waals surface area contributed by atoms with Crippen LogP contribution in [-0.2, 0) is 6.42 Å². The third-order valence-electron chi connectivity index (χ3n) is 4.03. The quantitative estimate of drug-likeness (QED) is 0.431. The number of benzene rings is 1. The first-order valence-electron chi connectivity index (χ1n) is 7.98. The van der Waals surface area contributed by atoms with Crippen LogP contribution in [0.4, 0.5) is 0 Å². The Balaban J connectivity index is 1.42. The molecule has 0 aliphatic heterocycles. The van der Waals surface area contributed by atoms with Gasteiger partial charge >= 0.3 is 0 Å². The summed E-state index contributed by atoms with van der Waals surface area (Å²) in [6.45, 7) is 0.440. The van der Waals surface area contributed by atoms with Crippen LogP contribution >= 0.6 is 0 Å². The third-order valence-corrected chi connectivity index (χ3v) is 4.03. The lowest BCUT2D eigenvalue weighted by Crippen LogP contribution is -2.26. The number of fused-ring (bicyclic) bond motifs is 1. The van der Waals surface area contributed by atoms with Gasteiger partial charge in [0.2, 0.25) is 5.82 Å². The molecule has 130 valence electrons. The average Bonchev–Trinajstić information content (AvgIpc) is 3.32. The fraction of sp³-hybridized carbons (Fsp3) is 0.118. The van der Waals surface area contributed by atoms with Gasteiger partial charge in [0.1, 0.15) is 11.4 Å². The van der Waals surface area contributed by atoms with E-state index in [2.05, 4.69) is 35.9 Å². The minimum absolute atomic E-state index is 0.213. The topological polar surface area (TPSA) is 132 Å². The highest BCUT2D eigenvalue weighted by Crippen LogP contribution is 2.23. The number of hydrogen-bond acceptors (Lipinski definition) is 6. The zero-order valence-corrected chi connectivity index (χ0v) is 13.6. The van der Waals surface area contributed by atoms with Crippen LogP contribution in [0.25, 0.3) is 22.3 Å². The van der Waals surface area contributed by atoms with Crippen molar-refractivity contribution in [2.75, 3.05) is 6.54 Å². The van der Waals surface area contributed by atoms with Crippen molar-refractivity contribution in [1.29, 1.82) is 0 Å². The summed E-state index contributed by atoms with van der Waals surface area (Å²) in [5.41, 5.74) is 2.90. The van der Waals surface area contributed by atoms with Crippen molar-refractivity contribution in [2.24, 2.45) is 0 Å². The molecule has 4 N–H and O–H groups in total. The summed E-state index contributed by atoms with van der Waals surface area (Å²) in [6, 6.07) is 8.48. The lowest BCUT2D eigenvalue weighted by atomic mass is 10.1. The van der Waals surface area contributed by atoms with Crippen molar-refractivity contribution in [2.45, 2.75) is 6.42 Å². The lowest BCUT2D eigenvalue weighted by Gasteiger charge is -2.05. The zero-order chi connectivity index (χ0) is 17.9. The number of pyridine rings is 1. The molecule has 0 fully saturated rings. The number of nitrogens with one attached hydrogen (secondary N) is 3. The molecule has 26 heavy (non-hydrogen) atoms. The molecular weight excluding hydrogens is 334 g/mol. The Labute approximate surface area is 147 Å². The van der Waals surface area contributed by atoms with Crippen LogP contribution in [0.2, 0.25) is 0 Å². The molecular formula is C17H15N7O2. The molecule has 0 saturated heterocycles. The molecule has 0 aliphatic carbocycles. The fourth-order valence-electron chi connectivity index (χ4n) is 2.75. The molecule has 9 heteroatoms. The maximum atomic E-state index is 12.3. The van der Waals surface area contributed by atoms with Gasteiger partial charge < -0.3 is 15.4 Å². The molecule has 0 saturated carbocycles.